The molecular weight excluding hydrogens is 526 g/mol. The first-order valence-electron chi connectivity index (χ1n) is 16.8. The van der Waals surface area contributed by atoms with Gasteiger partial charge >= 0.3 is 11.9 Å². The van der Waals surface area contributed by atoms with Crippen LogP contribution in [0.15, 0.2) is 48.6 Å². The number of carbonyl (C=O) groups excluding carboxylic acids is 2. The maximum Gasteiger partial charge on any atom is 0.322 e. The molecule has 6 heteroatoms. The van der Waals surface area contributed by atoms with Gasteiger partial charge in [0.25, 0.3) is 0 Å². The Morgan fingerprint density at radius 3 is 1.88 bits per heavy atom. The highest BCUT2D eigenvalue weighted by atomic mass is 16.5. The highest BCUT2D eigenvalue weighted by Gasteiger charge is 2.11. The lowest BCUT2D eigenvalue weighted by Crippen LogP contribution is -2.28. The Hall–Kier alpha value is -2.63. The first-order chi connectivity index (χ1) is 20.5. The highest BCUT2D eigenvalue weighted by Crippen LogP contribution is 2.14. The van der Waals surface area contributed by atoms with Gasteiger partial charge in [0.05, 0.1) is 0 Å². The second-order valence-corrected chi connectivity index (χ2v) is 11.1. The van der Waals surface area contributed by atoms with Gasteiger partial charge in [0.1, 0.15) is 12.6 Å². The minimum atomic E-state index is -1.03. The molecule has 2 N–H and O–H groups in total. The van der Waals surface area contributed by atoms with E-state index in [1.165, 1.54) is 38.5 Å². The van der Waals surface area contributed by atoms with Gasteiger partial charge in [0.2, 0.25) is 5.91 Å². The second kappa shape index (κ2) is 31.3. The summed E-state index contributed by atoms with van der Waals surface area (Å²) < 4.78 is 5.81. The Bertz CT molecular complexity index is 784. The topological polar surface area (TPSA) is 92.7 Å². The number of allylic oxidation sites excluding steroid dienone is 7. The SMILES string of the molecule is CCC/C=C\C/C=C\C(CCCCCCC(=O)NCC(=O)O)OC(=O)CCCCCCC/C=C\C/C=C\CCCCC. The van der Waals surface area contributed by atoms with E-state index in [9.17, 15) is 14.4 Å². The summed E-state index contributed by atoms with van der Waals surface area (Å²) in [6.45, 7) is 4.06. The van der Waals surface area contributed by atoms with Crippen molar-refractivity contribution in [2.75, 3.05) is 6.54 Å². The number of rotatable bonds is 29. The van der Waals surface area contributed by atoms with Gasteiger partial charge in [-0.25, -0.2) is 0 Å². The number of nitrogens with one attached hydrogen (secondary N) is 1. The van der Waals surface area contributed by atoms with Crippen LogP contribution in [0.5, 0.6) is 0 Å². The molecule has 0 aromatic rings. The van der Waals surface area contributed by atoms with Crippen molar-refractivity contribution in [2.45, 2.75) is 155 Å². The van der Waals surface area contributed by atoms with Crippen LogP contribution in [0, 0.1) is 0 Å². The van der Waals surface area contributed by atoms with Gasteiger partial charge < -0.3 is 15.2 Å². The van der Waals surface area contributed by atoms with Gasteiger partial charge in [-0.05, 0) is 76.7 Å². The first kappa shape index (κ1) is 39.4. The zero-order chi connectivity index (χ0) is 30.9. The molecule has 1 unspecified atom stereocenters. The minimum Gasteiger partial charge on any atom is -0.480 e. The van der Waals surface area contributed by atoms with E-state index in [1.807, 2.05) is 6.08 Å². The van der Waals surface area contributed by atoms with Gasteiger partial charge in [-0.15, -0.1) is 0 Å². The van der Waals surface area contributed by atoms with Crippen LogP contribution >= 0.6 is 0 Å². The lowest BCUT2D eigenvalue weighted by Gasteiger charge is -2.14. The van der Waals surface area contributed by atoms with Gasteiger partial charge in [-0.1, -0.05) is 108 Å². The molecule has 0 heterocycles. The van der Waals surface area contributed by atoms with Gasteiger partial charge in [-0.3, -0.25) is 14.4 Å². The summed E-state index contributed by atoms with van der Waals surface area (Å²) in [4.78, 5) is 34.6. The predicted molar refractivity (Wildman–Crippen MR) is 175 cm³/mol. The monoisotopic (exact) mass is 587 g/mol. The largest absolute Gasteiger partial charge is 0.480 e. The van der Waals surface area contributed by atoms with E-state index in [-0.39, 0.29) is 24.5 Å². The summed E-state index contributed by atoms with van der Waals surface area (Å²) in [6, 6.07) is 0. The Morgan fingerprint density at radius 1 is 0.643 bits per heavy atom. The molecule has 0 aromatic heterocycles. The lowest BCUT2D eigenvalue weighted by molar-refractivity contribution is -0.147. The Balaban J connectivity index is 4.14. The number of esters is 1. The molecule has 0 saturated heterocycles. The number of carboxylic acid groups (broad SMARTS) is 1. The van der Waals surface area contributed by atoms with Gasteiger partial charge in [0.15, 0.2) is 0 Å². The molecule has 42 heavy (non-hydrogen) atoms. The van der Waals surface area contributed by atoms with Crippen molar-refractivity contribution in [3.8, 4) is 0 Å². The van der Waals surface area contributed by atoms with Crippen LogP contribution in [-0.4, -0.2) is 35.6 Å². The van der Waals surface area contributed by atoms with Crippen molar-refractivity contribution in [1.82, 2.24) is 5.32 Å². The Morgan fingerprint density at radius 2 is 1.21 bits per heavy atom. The maximum absolute atomic E-state index is 12.5. The summed E-state index contributed by atoms with van der Waals surface area (Å²) in [7, 11) is 0. The molecule has 0 rings (SSSR count). The normalized spacial score (nSPS) is 12.6. The average Bonchev–Trinajstić information content (AvgIpc) is 2.97. The van der Waals surface area contributed by atoms with Gasteiger partial charge in [-0.2, -0.15) is 0 Å². The van der Waals surface area contributed by atoms with Crippen LogP contribution in [0.2, 0.25) is 0 Å². The summed E-state index contributed by atoms with van der Waals surface area (Å²) in [5.74, 6) is -1.38. The molecule has 0 aliphatic carbocycles. The van der Waals surface area contributed by atoms with Crippen LogP contribution in [0.1, 0.15) is 149 Å². The van der Waals surface area contributed by atoms with E-state index in [4.69, 9.17) is 9.84 Å². The van der Waals surface area contributed by atoms with Crippen molar-refractivity contribution in [3.63, 3.8) is 0 Å². The number of ether oxygens (including phenoxy) is 1. The zero-order valence-corrected chi connectivity index (χ0v) is 26.8. The minimum absolute atomic E-state index is 0.119. The molecule has 0 spiro atoms. The molecule has 0 saturated carbocycles. The van der Waals surface area contributed by atoms with Crippen LogP contribution in [0.4, 0.5) is 0 Å². The fourth-order valence-electron chi connectivity index (χ4n) is 4.44. The number of hydrogen-bond donors (Lipinski definition) is 2. The number of amides is 1. The quantitative estimate of drug-likeness (QED) is 0.0516. The summed E-state index contributed by atoms with van der Waals surface area (Å²) in [5.41, 5.74) is 0. The van der Waals surface area contributed by atoms with E-state index in [2.05, 4.69) is 61.7 Å². The van der Waals surface area contributed by atoms with E-state index in [0.717, 1.165) is 83.5 Å². The van der Waals surface area contributed by atoms with E-state index < -0.39 is 5.97 Å². The number of aliphatic carboxylic acids is 1. The third kappa shape index (κ3) is 30.3. The smallest absolute Gasteiger partial charge is 0.322 e. The maximum atomic E-state index is 12.5. The fourth-order valence-corrected chi connectivity index (χ4v) is 4.44. The predicted octanol–water partition coefficient (Wildman–Crippen LogP) is 9.56. The van der Waals surface area contributed by atoms with Gasteiger partial charge in [0, 0.05) is 12.8 Å². The summed E-state index contributed by atoms with van der Waals surface area (Å²) >= 11 is 0. The molecule has 240 valence electrons. The van der Waals surface area contributed by atoms with Crippen molar-refractivity contribution in [1.29, 1.82) is 0 Å². The van der Waals surface area contributed by atoms with Crippen LogP contribution < -0.4 is 5.32 Å². The van der Waals surface area contributed by atoms with E-state index >= 15 is 0 Å². The third-order valence-electron chi connectivity index (χ3n) is 6.94. The van der Waals surface area contributed by atoms with Crippen LogP contribution in [0.3, 0.4) is 0 Å². The molecule has 0 bridgehead atoms. The number of carboxylic acids is 1. The zero-order valence-electron chi connectivity index (χ0n) is 26.8. The fraction of sp³-hybridized carbons (Fsp3) is 0.694. The van der Waals surface area contributed by atoms with Crippen LogP contribution in [0.25, 0.3) is 0 Å². The third-order valence-corrected chi connectivity index (χ3v) is 6.94. The molecule has 0 radical (unpaired) electrons. The summed E-state index contributed by atoms with van der Waals surface area (Å²) in [6.07, 6.45) is 38.2. The molecule has 0 aliphatic rings. The van der Waals surface area contributed by atoms with E-state index in [0.29, 0.717) is 12.8 Å². The molecule has 1 atom stereocenters. The second-order valence-electron chi connectivity index (χ2n) is 11.1. The Kier molecular flexibility index (Phi) is 29.3. The number of hydrogen-bond acceptors (Lipinski definition) is 4. The Labute approximate surface area is 257 Å². The first-order valence-corrected chi connectivity index (χ1v) is 16.8. The molecule has 0 aliphatic heterocycles. The van der Waals surface area contributed by atoms with E-state index in [1.54, 1.807) is 0 Å². The van der Waals surface area contributed by atoms with Crippen molar-refractivity contribution in [3.05, 3.63) is 48.6 Å². The highest BCUT2D eigenvalue weighted by molar-refractivity contribution is 5.80. The molecule has 1 amide bonds. The van der Waals surface area contributed by atoms with Crippen molar-refractivity contribution < 1.29 is 24.2 Å². The standard InChI is InChI=1S/C36H61NO5/c1-3-5-7-9-11-12-13-14-15-16-17-18-19-21-27-31-36(41)42-33(28-24-20-10-8-6-4-2)29-25-22-23-26-30-34(38)37-32-35(39)40/h8,10-12,14-15,24,28,33H,3-7,9,13,16-23,25-27,29-32H2,1-2H3,(H,37,38)(H,39,40)/b10-8-,12-11-,15-14-,28-24-. The summed E-state index contributed by atoms with van der Waals surface area (Å²) in [5, 5.41) is 11.0. The van der Waals surface area contributed by atoms with Crippen molar-refractivity contribution in [2.24, 2.45) is 0 Å². The molecule has 0 aromatic carbocycles. The average molecular weight is 588 g/mol. The van der Waals surface area contributed by atoms with Crippen molar-refractivity contribution >= 4 is 17.8 Å². The molecular formula is C36H61NO5. The molecule has 0 fully saturated rings. The number of carbonyl (C=O) groups is 3. The van der Waals surface area contributed by atoms with Crippen LogP contribution in [-0.2, 0) is 19.1 Å². The molecule has 6 nitrogen and oxygen atoms in total. The number of unbranched alkanes of at least 4 members (excludes halogenated alkanes) is 12. The lowest BCUT2D eigenvalue weighted by atomic mass is 10.1.